The fourth-order valence-corrected chi connectivity index (χ4v) is 3.30. The molecule has 5 heteroatoms. The van der Waals surface area contributed by atoms with Crippen LogP contribution in [0.4, 0.5) is 0 Å². The lowest BCUT2D eigenvalue weighted by Gasteiger charge is -2.18. The van der Waals surface area contributed by atoms with Crippen LogP contribution in [0.5, 0.6) is 0 Å². The summed E-state index contributed by atoms with van der Waals surface area (Å²) in [7, 11) is -2.94. The molecule has 0 atom stereocenters. The highest BCUT2D eigenvalue weighted by Crippen LogP contribution is 2.17. The van der Waals surface area contributed by atoms with E-state index < -0.39 is 14.6 Å². The van der Waals surface area contributed by atoms with E-state index in [1.54, 1.807) is 32.5 Å². The van der Waals surface area contributed by atoms with E-state index in [1.807, 2.05) is 0 Å². The smallest absolute Gasteiger partial charge is 0.155 e. The second kappa shape index (κ2) is 5.98. The normalized spacial score (nSPS) is 13.1. The van der Waals surface area contributed by atoms with Gasteiger partial charge in [0.2, 0.25) is 0 Å². The molecule has 0 rings (SSSR count). The molecule has 0 heterocycles. The van der Waals surface area contributed by atoms with Gasteiger partial charge in [0.15, 0.2) is 9.84 Å². The lowest BCUT2D eigenvalue weighted by atomic mass is 10.3. The molecule has 0 spiro atoms. The van der Waals surface area contributed by atoms with Gasteiger partial charge in [0, 0.05) is 5.75 Å². The monoisotopic (exact) mass is 239 g/mol. The van der Waals surface area contributed by atoms with Gasteiger partial charge in [-0.3, -0.25) is 0 Å². The van der Waals surface area contributed by atoms with Crippen molar-refractivity contribution >= 4 is 21.6 Å². The highest BCUT2D eigenvalue weighted by Gasteiger charge is 2.27. The summed E-state index contributed by atoms with van der Waals surface area (Å²) in [6, 6.07) is 0. The average molecular weight is 239 g/mol. The SMILES string of the molecule is CC(C)(C)S(=O)(=O)CCSCCCN. The van der Waals surface area contributed by atoms with Gasteiger partial charge in [-0.15, -0.1) is 0 Å². The van der Waals surface area contributed by atoms with Crippen molar-refractivity contribution in [2.75, 3.05) is 23.8 Å². The fraction of sp³-hybridized carbons (Fsp3) is 1.00. The second-order valence-corrected chi connectivity index (χ2v) is 8.27. The number of rotatable bonds is 6. The van der Waals surface area contributed by atoms with Crippen LogP contribution in [0.2, 0.25) is 0 Å². The molecular weight excluding hydrogens is 218 g/mol. The summed E-state index contributed by atoms with van der Waals surface area (Å²) in [4.78, 5) is 0. The van der Waals surface area contributed by atoms with Crippen LogP contribution in [0.15, 0.2) is 0 Å². The average Bonchev–Trinajstić information content (AvgIpc) is 2.02. The van der Waals surface area contributed by atoms with Crippen molar-refractivity contribution in [2.45, 2.75) is 31.9 Å². The molecule has 0 aromatic heterocycles. The van der Waals surface area contributed by atoms with Gasteiger partial charge in [0.1, 0.15) is 0 Å². The van der Waals surface area contributed by atoms with Crippen LogP contribution in [0.25, 0.3) is 0 Å². The first-order valence-corrected chi connectivity index (χ1v) is 7.62. The quantitative estimate of drug-likeness (QED) is 0.709. The molecule has 0 fully saturated rings. The van der Waals surface area contributed by atoms with Gasteiger partial charge < -0.3 is 5.73 Å². The Morgan fingerprint density at radius 2 is 1.79 bits per heavy atom. The Kier molecular flexibility index (Phi) is 6.09. The molecule has 14 heavy (non-hydrogen) atoms. The number of hydrogen-bond acceptors (Lipinski definition) is 4. The van der Waals surface area contributed by atoms with Crippen LogP contribution >= 0.6 is 11.8 Å². The molecule has 0 aliphatic heterocycles. The van der Waals surface area contributed by atoms with Crippen LogP contribution in [0, 0.1) is 0 Å². The maximum absolute atomic E-state index is 11.6. The van der Waals surface area contributed by atoms with E-state index in [1.165, 1.54) is 0 Å². The van der Waals surface area contributed by atoms with Gasteiger partial charge in [0.05, 0.1) is 10.5 Å². The minimum atomic E-state index is -2.94. The third kappa shape index (κ3) is 5.22. The molecule has 0 saturated heterocycles. The lowest BCUT2D eigenvalue weighted by molar-refractivity contribution is 0.562. The molecule has 3 nitrogen and oxygen atoms in total. The summed E-state index contributed by atoms with van der Waals surface area (Å²) < 4.78 is 22.7. The molecule has 0 aliphatic rings. The molecule has 0 saturated carbocycles. The molecule has 0 aromatic carbocycles. The van der Waals surface area contributed by atoms with Crippen LogP contribution in [0.3, 0.4) is 0 Å². The van der Waals surface area contributed by atoms with Gasteiger partial charge in [-0.25, -0.2) is 8.42 Å². The van der Waals surface area contributed by atoms with Crippen molar-refractivity contribution < 1.29 is 8.42 Å². The van der Waals surface area contributed by atoms with Gasteiger partial charge in [-0.05, 0) is 39.5 Å². The number of sulfone groups is 1. The van der Waals surface area contributed by atoms with Gasteiger partial charge in [-0.2, -0.15) is 11.8 Å². The summed E-state index contributed by atoms with van der Waals surface area (Å²) in [5.74, 6) is 1.90. The summed E-state index contributed by atoms with van der Waals surface area (Å²) in [6.07, 6.45) is 0.959. The van der Waals surface area contributed by atoms with E-state index >= 15 is 0 Å². The zero-order chi connectivity index (χ0) is 11.2. The van der Waals surface area contributed by atoms with Crippen molar-refractivity contribution in [3.05, 3.63) is 0 Å². The molecular formula is C9H21NO2S2. The third-order valence-corrected chi connectivity index (χ3v) is 5.86. The Bertz CT molecular complexity index is 242. The first kappa shape index (κ1) is 14.3. The van der Waals surface area contributed by atoms with E-state index in [2.05, 4.69) is 0 Å². The standard InChI is InChI=1S/C9H21NO2S2/c1-9(2,3)14(11,12)8-7-13-6-4-5-10/h4-8,10H2,1-3H3. The van der Waals surface area contributed by atoms with Gasteiger partial charge >= 0.3 is 0 Å². The molecule has 0 unspecified atom stereocenters. The minimum absolute atomic E-state index is 0.270. The summed E-state index contributed by atoms with van der Waals surface area (Å²) >= 11 is 1.66. The van der Waals surface area contributed by atoms with Crippen molar-refractivity contribution in [2.24, 2.45) is 5.73 Å². The fourth-order valence-electron chi connectivity index (χ4n) is 0.762. The molecule has 0 aromatic rings. The zero-order valence-electron chi connectivity index (χ0n) is 9.25. The predicted molar refractivity (Wildman–Crippen MR) is 64.5 cm³/mol. The maximum atomic E-state index is 11.6. The number of thioether (sulfide) groups is 1. The minimum Gasteiger partial charge on any atom is -0.330 e. The van der Waals surface area contributed by atoms with E-state index in [0.717, 1.165) is 12.2 Å². The van der Waals surface area contributed by atoms with E-state index in [0.29, 0.717) is 12.3 Å². The highest BCUT2D eigenvalue weighted by molar-refractivity contribution is 8.00. The maximum Gasteiger partial charge on any atom is 0.155 e. The largest absolute Gasteiger partial charge is 0.330 e. The Morgan fingerprint density at radius 3 is 2.21 bits per heavy atom. The zero-order valence-corrected chi connectivity index (χ0v) is 10.9. The molecule has 86 valence electrons. The summed E-state index contributed by atoms with van der Waals surface area (Å²) in [5, 5.41) is 0. The van der Waals surface area contributed by atoms with Crippen molar-refractivity contribution in [3.8, 4) is 0 Å². The van der Waals surface area contributed by atoms with Crippen molar-refractivity contribution in [1.82, 2.24) is 0 Å². The van der Waals surface area contributed by atoms with Crippen molar-refractivity contribution in [1.29, 1.82) is 0 Å². The lowest BCUT2D eigenvalue weighted by Crippen LogP contribution is -2.31. The number of hydrogen-bond donors (Lipinski definition) is 1. The Morgan fingerprint density at radius 1 is 1.21 bits per heavy atom. The van der Waals surface area contributed by atoms with Gasteiger partial charge in [-0.1, -0.05) is 0 Å². The number of nitrogens with two attached hydrogens (primary N) is 1. The topological polar surface area (TPSA) is 60.2 Å². The van der Waals surface area contributed by atoms with Crippen molar-refractivity contribution in [3.63, 3.8) is 0 Å². The van der Waals surface area contributed by atoms with E-state index in [4.69, 9.17) is 5.73 Å². The van der Waals surface area contributed by atoms with Crippen LogP contribution in [0.1, 0.15) is 27.2 Å². The first-order chi connectivity index (χ1) is 6.31. The van der Waals surface area contributed by atoms with E-state index in [-0.39, 0.29) is 5.75 Å². The Labute approximate surface area is 91.7 Å². The highest BCUT2D eigenvalue weighted by atomic mass is 32.2. The second-order valence-electron chi connectivity index (χ2n) is 4.19. The Balaban J connectivity index is 3.80. The molecule has 0 amide bonds. The predicted octanol–water partition coefficient (Wildman–Crippen LogP) is 1.28. The molecule has 0 aliphatic carbocycles. The first-order valence-electron chi connectivity index (χ1n) is 4.81. The van der Waals surface area contributed by atoms with Crippen LogP contribution in [-0.2, 0) is 9.84 Å². The Hall–Kier alpha value is 0.260. The third-order valence-electron chi connectivity index (χ3n) is 1.92. The van der Waals surface area contributed by atoms with Crippen LogP contribution in [-0.4, -0.2) is 37.0 Å². The van der Waals surface area contributed by atoms with Crippen LogP contribution < -0.4 is 5.73 Å². The molecule has 2 N–H and O–H groups in total. The summed E-state index contributed by atoms with van der Waals surface area (Å²) in [6.45, 7) is 5.91. The molecule has 0 bridgehead atoms. The van der Waals surface area contributed by atoms with E-state index in [9.17, 15) is 8.42 Å². The van der Waals surface area contributed by atoms with Gasteiger partial charge in [0.25, 0.3) is 0 Å². The molecule has 0 radical (unpaired) electrons. The summed E-state index contributed by atoms with van der Waals surface area (Å²) in [5.41, 5.74) is 5.33.